The first-order valence-corrected chi connectivity index (χ1v) is 8.26. The second-order valence-electron chi connectivity index (χ2n) is 4.47. The Bertz CT molecular complexity index is 507. The van der Waals surface area contributed by atoms with Crippen molar-refractivity contribution in [3.8, 4) is 0 Å². The summed E-state index contributed by atoms with van der Waals surface area (Å²) in [7, 11) is 0. The van der Waals surface area contributed by atoms with E-state index in [-0.39, 0.29) is 0 Å². The SMILES string of the molecule is CCNC(Cc1ccc(CC)cn1)c1ccc(Br)s1. The van der Waals surface area contributed by atoms with E-state index in [1.807, 2.05) is 6.20 Å². The summed E-state index contributed by atoms with van der Waals surface area (Å²) in [4.78, 5) is 5.91. The Morgan fingerprint density at radius 3 is 2.63 bits per heavy atom. The molecule has 0 radical (unpaired) electrons. The molecule has 0 fully saturated rings. The third kappa shape index (κ3) is 4.13. The van der Waals surface area contributed by atoms with E-state index in [1.54, 1.807) is 11.3 Å². The highest BCUT2D eigenvalue weighted by molar-refractivity contribution is 9.11. The Morgan fingerprint density at radius 2 is 2.11 bits per heavy atom. The smallest absolute Gasteiger partial charge is 0.0701 e. The first kappa shape index (κ1) is 14.7. The lowest BCUT2D eigenvalue weighted by Crippen LogP contribution is -2.22. The van der Waals surface area contributed by atoms with Crippen LogP contribution in [-0.4, -0.2) is 11.5 Å². The molecule has 2 aromatic heterocycles. The first-order valence-electron chi connectivity index (χ1n) is 6.65. The van der Waals surface area contributed by atoms with Gasteiger partial charge in [0.1, 0.15) is 0 Å². The molecular formula is C15H19BrN2S. The Hall–Kier alpha value is -0.710. The molecule has 1 unspecified atom stereocenters. The number of thiophene rings is 1. The number of hydrogen-bond acceptors (Lipinski definition) is 3. The highest BCUT2D eigenvalue weighted by atomic mass is 79.9. The van der Waals surface area contributed by atoms with Gasteiger partial charge in [-0.15, -0.1) is 11.3 Å². The molecule has 102 valence electrons. The fourth-order valence-electron chi connectivity index (χ4n) is 2.03. The van der Waals surface area contributed by atoms with Gasteiger partial charge in [0.25, 0.3) is 0 Å². The molecule has 0 aliphatic carbocycles. The molecule has 1 atom stereocenters. The predicted octanol–water partition coefficient (Wildman–Crippen LogP) is 4.36. The van der Waals surface area contributed by atoms with Crippen LogP contribution in [0.15, 0.2) is 34.2 Å². The molecule has 1 N–H and O–H groups in total. The van der Waals surface area contributed by atoms with E-state index in [9.17, 15) is 0 Å². The van der Waals surface area contributed by atoms with Gasteiger partial charge in [-0.25, -0.2) is 0 Å². The second-order valence-corrected chi connectivity index (χ2v) is 6.96. The molecule has 0 aromatic carbocycles. The number of likely N-dealkylation sites (N-methyl/N-ethyl adjacent to an activating group) is 1. The minimum absolute atomic E-state index is 0.348. The van der Waals surface area contributed by atoms with E-state index < -0.39 is 0 Å². The van der Waals surface area contributed by atoms with Gasteiger partial charge < -0.3 is 5.32 Å². The van der Waals surface area contributed by atoms with E-state index in [1.165, 1.54) is 14.2 Å². The Kier molecular flexibility index (Phi) is 5.55. The van der Waals surface area contributed by atoms with Gasteiger partial charge in [0.15, 0.2) is 0 Å². The lowest BCUT2D eigenvalue weighted by atomic mass is 10.1. The van der Waals surface area contributed by atoms with Crippen molar-refractivity contribution in [3.05, 3.63) is 50.4 Å². The van der Waals surface area contributed by atoms with Crippen LogP contribution < -0.4 is 5.32 Å². The van der Waals surface area contributed by atoms with Crippen molar-refractivity contribution in [2.45, 2.75) is 32.7 Å². The van der Waals surface area contributed by atoms with Gasteiger partial charge in [-0.2, -0.15) is 0 Å². The van der Waals surface area contributed by atoms with E-state index in [0.717, 1.165) is 25.1 Å². The van der Waals surface area contributed by atoms with Gasteiger partial charge in [-0.1, -0.05) is 19.9 Å². The molecule has 0 amide bonds. The third-order valence-electron chi connectivity index (χ3n) is 3.10. The van der Waals surface area contributed by atoms with E-state index in [0.29, 0.717) is 6.04 Å². The number of nitrogens with zero attached hydrogens (tertiary/aromatic N) is 1. The van der Waals surface area contributed by atoms with Crippen LogP contribution in [-0.2, 0) is 12.8 Å². The standard InChI is InChI=1S/C15H19BrN2S/c1-3-11-5-6-12(18-10-11)9-13(17-4-2)14-7-8-15(16)19-14/h5-8,10,13,17H,3-4,9H2,1-2H3. The number of nitrogens with one attached hydrogen (secondary N) is 1. The van der Waals surface area contributed by atoms with Crippen molar-refractivity contribution in [1.82, 2.24) is 10.3 Å². The van der Waals surface area contributed by atoms with E-state index >= 15 is 0 Å². The summed E-state index contributed by atoms with van der Waals surface area (Å²) in [6.07, 6.45) is 3.97. The van der Waals surface area contributed by atoms with Crippen LogP contribution in [0.5, 0.6) is 0 Å². The lowest BCUT2D eigenvalue weighted by molar-refractivity contribution is 0.552. The highest BCUT2D eigenvalue weighted by Crippen LogP contribution is 2.29. The predicted molar refractivity (Wildman–Crippen MR) is 85.8 cm³/mol. The maximum absolute atomic E-state index is 4.56. The van der Waals surface area contributed by atoms with Gasteiger partial charge in [-0.3, -0.25) is 4.98 Å². The summed E-state index contributed by atoms with van der Waals surface area (Å²) in [5.74, 6) is 0. The van der Waals surface area contributed by atoms with Gasteiger partial charge in [0, 0.05) is 29.2 Å². The molecule has 0 saturated heterocycles. The summed E-state index contributed by atoms with van der Waals surface area (Å²) in [5, 5.41) is 3.54. The maximum atomic E-state index is 4.56. The van der Waals surface area contributed by atoms with Crippen LogP contribution in [0.25, 0.3) is 0 Å². The number of rotatable bonds is 6. The number of halogens is 1. The number of pyridine rings is 1. The topological polar surface area (TPSA) is 24.9 Å². The molecule has 2 aromatic rings. The third-order valence-corrected chi connectivity index (χ3v) is 4.83. The average Bonchev–Trinajstić information content (AvgIpc) is 2.86. The van der Waals surface area contributed by atoms with Gasteiger partial charge in [-0.05, 0) is 52.7 Å². The van der Waals surface area contributed by atoms with Crippen LogP contribution in [0.3, 0.4) is 0 Å². The Balaban J connectivity index is 2.11. The summed E-state index contributed by atoms with van der Waals surface area (Å²) in [5.41, 5.74) is 2.44. The summed E-state index contributed by atoms with van der Waals surface area (Å²) < 4.78 is 1.18. The fourth-order valence-corrected chi connectivity index (χ4v) is 3.53. The van der Waals surface area contributed by atoms with E-state index in [2.05, 4.69) is 64.3 Å². The Morgan fingerprint density at radius 1 is 1.26 bits per heavy atom. The van der Waals surface area contributed by atoms with Gasteiger partial charge >= 0.3 is 0 Å². The number of aromatic nitrogens is 1. The van der Waals surface area contributed by atoms with Crippen LogP contribution in [0.4, 0.5) is 0 Å². The number of hydrogen-bond donors (Lipinski definition) is 1. The minimum atomic E-state index is 0.348. The van der Waals surface area contributed by atoms with Crippen LogP contribution in [0.1, 0.15) is 36.0 Å². The fraction of sp³-hybridized carbons (Fsp3) is 0.400. The summed E-state index contributed by atoms with van der Waals surface area (Å²) >= 11 is 5.32. The first-order chi connectivity index (χ1) is 9.22. The Labute approximate surface area is 127 Å². The van der Waals surface area contributed by atoms with Gasteiger partial charge in [0.05, 0.1) is 3.79 Å². The quantitative estimate of drug-likeness (QED) is 0.846. The minimum Gasteiger partial charge on any atom is -0.309 e. The van der Waals surface area contributed by atoms with Crippen molar-refractivity contribution in [2.24, 2.45) is 0 Å². The zero-order valence-electron chi connectivity index (χ0n) is 11.3. The molecule has 0 bridgehead atoms. The number of aryl methyl sites for hydroxylation is 1. The van der Waals surface area contributed by atoms with Crippen molar-refractivity contribution < 1.29 is 0 Å². The molecule has 0 spiro atoms. The average molecular weight is 339 g/mol. The molecule has 0 aliphatic heterocycles. The summed E-state index contributed by atoms with van der Waals surface area (Å²) in [6.45, 7) is 5.26. The second kappa shape index (κ2) is 7.17. The lowest BCUT2D eigenvalue weighted by Gasteiger charge is -2.16. The van der Waals surface area contributed by atoms with Crippen molar-refractivity contribution in [2.75, 3.05) is 6.54 Å². The monoisotopic (exact) mass is 338 g/mol. The zero-order chi connectivity index (χ0) is 13.7. The maximum Gasteiger partial charge on any atom is 0.0701 e. The molecule has 0 saturated carbocycles. The van der Waals surface area contributed by atoms with Crippen LogP contribution in [0.2, 0.25) is 0 Å². The largest absolute Gasteiger partial charge is 0.309 e. The van der Waals surface area contributed by atoms with Gasteiger partial charge in [0.2, 0.25) is 0 Å². The van der Waals surface area contributed by atoms with Crippen molar-refractivity contribution in [3.63, 3.8) is 0 Å². The molecule has 2 heterocycles. The van der Waals surface area contributed by atoms with Crippen molar-refractivity contribution in [1.29, 1.82) is 0 Å². The summed E-state index contributed by atoms with van der Waals surface area (Å²) in [6, 6.07) is 8.96. The molecule has 0 aliphatic rings. The molecule has 2 rings (SSSR count). The molecule has 2 nitrogen and oxygen atoms in total. The molecular weight excluding hydrogens is 320 g/mol. The highest BCUT2D eigenvalue weighted by Gasteiger charge is 2.14. The zero-order valence-corrected chi connectivity index (χ0v) is 13.7. The normalized spacial score (nSPS) is 12.6. The van der Waals surface area contributed by atoms with Crippen LogP contribution >= 0.6 is 27.3 Å². The molecule has 4 heteroatoms. The van der Waals surface area contributed by atoms with Crippen molar-refractivity contribution >= 4 is 27.3 Å². The van der Waals surface area contributed by atoms with Crippen LogP contribution in [0, 0.1) is 0 Å². The van der Waals surface area contributed by atoms with E-state index in [4.69, 9.17) is 0 Å². The molecule has 19 heavy (non-hydrogen) atoms.